The number of carbonyl (C=O) groups excluding carboxylic acids is 2. The number of amides is 2. The van der Waals surface area contributed by atoms with E-state index in [2.05, 4.69) is 31.5 Å². The van der Waals surface area contributed by atoms with Crippen molar-refractivity contribution < 1.29 is 14.5 Å². The van der Waals surface area contributed by atoms with Crippen LogP contribution in [0.15, 0.2) is 33.5 Å². The van der Waals surface area contributed by atoms with Crippen molar-refractivity contribution in [3.05, 3.63) is 66.0 Å². The maximum atomic E-state index is 13.3. The summed E-state index contributed by atoms with van der Waals surface area (Å²) in [5.74, 6) is -0.584. The van der Waals surface area contributed by atoms with Crippen molar-refractivity contribution in [2.75, 3.05) is 18.4 Å². The minimum absolute atomic E-state index is 0.0546. The Bertz CT molecular complexity index is 1310. The van der Waals surface area contributed by atoms with Gasteiger partial charge >= 0.3 is 0 Å². The normalized spacial score (nSPS) is 20.6. The largest absolute Gasteiger partial charge is 0.374 e. The number of benzene rings is 1. The summed E-state index contributed by atoms with van der Waals surface area (Å²) in [6.45, 7) is 2.53. The molecule has 2 amide bonds. The second-order valence-electron chi connectivity index (χ2n) is 10.6. The van der Waals surface area contributed by atoms with Crippen LogP contribution in [0.5, 0.6) is 0 Å². The summed E-state index contributed by atoms with van der Waals surface area (Å²) in [5.41, 5.74) is 0.581. The van der Waals surface area contributed by atoms with Gasteiger partial charge in [0.1, 0.15) is 5.69 Å². The van der Waals surface area contributed by atoms with E-state index >= 15 is 0 Å². The minimum Gasteiger partial charge on any atom is -0.374 e. The number of halogens is 1. The molecular weight excluding hydrogens is 542 g/mol. The molecule has 3 aliphatic rings. The van der Waals surface area contributed by atoms with Crippen LogP contribution in [-0.4, -0.2) is 51.8 Å². The van der Waals surface area contributed by atoms with Crippen LogP contribution in [0.3, 0.4) is 0 Å². The van der Waals surface area contributed by atoms with E-state index in [1.807, 2.05) is 0 Å². The fourth-order valence-corrected chi connectivity index (χ4v) is 6.18. The molecule has 2 aromatic rings. The molecule has 5 rings (SSSR count). The lowest BCUT2D eigenvalue weighted by Gasteiger charge is -2.25. The van der Waals surface area contributed by atoms with Crippen LogP contribution in [0.1, 0.15) is 71.4 Å². The van der Waals surface area contributed by atoms with Gasteiger partial charge in [0, 0.05) is 52.4 Å². The van der Waals surface area contributed by atoms with E-state index in [1.54, 1.807) is 24.0 Å². The van der Waals surface area contributed by atoms with Gasteiger partial charge in [-0.25, -0.2) is 0 Å². The molecule has 0 radical (unpaired) electrons. The van der Waals surface area contributed by atoms with E-state index in [4.69, 9.17) is 0 Å². The van der Waals surface area contributed by atoms with Crippen LogP contribution < -0.4 is 16.2 Å². The third-order valence-corrected chi connectivity index (χ3v) is 8.29. The molecule has 0 bridgehead atoms. The van der Waals surface area contributed by atoms with E-state index in [9.17, 15) is 24.5 Å². The van der Waals surface area contributed by atoms with E-state index in [1.165, 1.54) is 12.1 Å². The standard InChI is InChI=1S/C26H30BrN5O5/c1-15-9-16(10-22(33)28-15)25(35)31-13-21(26(14-31)7-8-26)30-23-19(11-17(27)12-20(23)32(36)37)24(34)29-18-5-3-2-4-6-18/h9-12,18,21,30H,2-8,13-14H2,1H3,(H,28,33)(H,29,34)/t21-/m0/s1. The Labute approximate surface area is 222 Å². The van der Waals surface area contributed by atoms with Gasteiger partial charge in [-0.2, -0.15) is 0 Å². The number of hydrogen-bond acceptors (Lipinski definition) is 6. The Morgan fingerprint density at radius 3 is 2.54 bits per heavy atom. The van der Waals surface area contributed by atoms with Crippen molar-refractivity contribution in [1.29, 1.82) is 0 Å². The zero-order valence-electron chi connectivity index (χ0n) is 20.6. The molecule has 1 saturated heterocycles. The van der Waals surface area contributed by atoms with Crippen LogP contribution in [-0.2, 0) is 0 Å². The molecule has 1 aliphatic heterocycles. The lowest BCUT2D eigenvalue weighted by atomic mass is 9.95. The van der Waals surface area contributed by atoms with E-state index in [0.29, 0.717) is 28.8 Å². The third kappa shape index (κ3) is 5.27. The smallest absolute Gasteiger partial charge is 0.294 e. The average molecular weight is 572 g/mol. The second-order valence-corrected chi connectivity index (χ2v) is 11.5. The summed E-state index contributed by atoms with van der Waals surface area (Å²) in [6, 6.07) is 5.75. The molecule has 11 heteroatoms. The zero-order valence-corrected chi connectivity index (χ0v) is 22.2. The predicted octanol–water partition coefficient (Wildman–Crippen LogP) is 4.13. The van der Waals surface area contributed by atoms with Crippen LogP contribution >= 0.6 is 15.9 Å². The fraction of sp³-hybridized carbons (Fsp3) is 0.500. The van der Waals surface area contributed by atoms with E-state index in [-0.39, 0.29) is 51.8 Å². The van der Waals surface area contributed by atoms with Gasteiger partial charge in [-0.15, -0.1) is 0 Å². The molecule has 3 fully saturated rings. The number of nitrogens with zero attached hydrogens (tertiary/aromatic N) is 2. The van der Waals surface area contributed by atoms with Crippen LogP contribution in [0.2, 0.25) is 0 Å². The van der Waals surface area contributed by atoms with Gasteiger partial charge in [0.2, 0.25) is 5.56 Å². The number of likely N-dealkylation sites (tertiary alicyclic amines) is 1. The van der Waals surface area contributed by atoms with Gasteiger partial charge in [0.05, 0.1) is 16.5 Å². The number of pyridine rings is 1. The maximum Gasteiger partial charge on any atom is 0.294 e. The first-order valence-electron chi connectivity index (χ1n) is 12.7. The lowest BCUT2D eigenvalue weighted by Crippen LogP contribution is -2.37. The summed E-state index contributed by atoms with van der Waals surface area (Å²) in [6.07, 6.45) is 6.79. The molecule has 2 heterocycles. The number of aryl methyl sites for hydroxylation is 1. The highest BCUT2D eigenvalue weighted by Crippen LogP contribution is 2.54. The molecule has 1 spiro atoms. The molecule has 1 atom stereocenters. The molecule has 0 unspecified atom stereocenters. The summed E-state index contributed by atoms with van der Waals surface area (Å²) in [7, 11) is 0. The van der Waals surface area contributed by atoms with Crippen molar-refractivity contribution in [3.63, 3.8) is 0 Å². The molecule has 37 heavy (non-hydrogen) atoms. The highest BCUT2D eigenvalue weighted by molar-refractivity contribution is 9.10. The van der Waals surface area contributed by atoms with Crippen molar-refractivity contribution in [3.8, 4) is 0 Å². The number of anilines is 1. The Kier molecular flexibility index (Phi) is 6.82. The number of H-pyrrole nitrogens is 1. The molecule has 196 valence electrons. The second kappa shape index (κ2) is 9.92. The van der Waals surface area contributed by atoms with Gasteiger partial charge in [0.15, 0.2) is 0 Å². The van der Waals surface area contributed by atoms with Gasteiger partial charge in [-0.3, -0.25) is 24.5 Å². The van der Waals surface area contributed by atoms with Gasteiger partial charge in [-0.1, -0.05) is 35.2 Å². The summed E-state index contributed by atoms with van der Waals surface area (Å²) < 4.78 is 0.451. The molecule has 2 aliphatic carbocycles. The zero-order chi connectivity index (χ0) is 26.3. The molecule has 1 aromatic carbocycles. The number of nitro benzene ring substituents is 1. The van der Waals surface area contributed by atoms with E-state index in [0.717, 1.165) is 44.9 Å². The number of nitrogens with one attached hydrogen (secondary N) is 3. The molecule has 1 aromatic heterocycles. The average Bonchev–Trinajstić information content (AvgIpc) is 3.54. The fourth-order valence-electron chi connectivity index (χ4n) is 5.73. The third-order valence-electron chi connectivity index (χ3n) is 7.84. The van der Waals surface area contributed by atoms with Crippen LogP contribution in [0.25, 0.3) is 0 Å². The molecular formula is C26H30BrN5O5. The topological polar surface area (TPSA) is 137 Å². The number of rotatable bonds is 6. The van der Waals surface area contributed by atoms with Gasteiger partial charge < -0.3 is 20.5 Å². The summed E-state index contributed by atoms with van der Waals surface area (Å²) in [4.78, 5) is 54.4. The van der Waals surface area contributed by atoms with Crippen molar-refractivity contribution >= 4 is 39.1 Å². The van der Waals surface area contributed by atoms with E-state index < -0.39 is 4.92 Å². The quantitative estimate of drug-likeness (QED) is 0.352. The Morgan fingerprint density at radius 2 is 1.89 bits per heavy atom. The molecule has 10 nitrogen and oxygen atoms in total. The van der Waals surface area contributed by atoms with Crippen LogP contribution in [0.4, 0.5) is 11.4 Å². The van der Waals surface area contributed by atoms with Crippen molar-refractivity contribution in [2.45, 2.75) is 64.0 Å². The number of hydrogen-bond donors (Lipinski definition) is 3. The van der Waals surface area contributed by atoms with Gasteiger partial charge in [-0.05, 0) is 44.7 Å². The van der Waals surface area contributed by atoms with Crippen LogP contribution in [0, 0.1) is 22.5 Å². The first-order chi connectivity index (χ1) is 17.6. The number of aromatic amines is 1. The van der Waals surface area contributed by atoms with Gasteiger partial charge in [0.25, 0.3) is 17.5 Å². The first-order valence-corrected chi connectivity index (χ1v) is 13.5. The highest BCUT2D eigenvalue weighted by Gasteiger charge is 2.56. The number of nitro groups is 1. The minimum atomic E-state index is -0.485. The summed E-state index contributed by atoms with van der Waals surface area (Å²) in [5, 5.41) is 18.4. The first kappa shape index (κ1) is 25.4. The predicted molar refractivity (Wildman–Crippen MR) is 142 cm³/mol. The Hall–Kier alpha value is -3.21. The summed E-state index contributed by atoms with van der Waals surface area (Å²) >= 11 is 3.33. The molecule has 2 saturated carbocycles. The highest BCUT2D eigenvalue weighted by atomic mass is 79.9. The monoisotopic (exact) mass is 571 g/mol. The van der Waals surface area contributed by atoms with Crippen molar-refractivity contribution in [2.24, 2.45) is 5.41 Å². The Balaban J connectivity index is 1.43. The Morgan fingerprint density at radius 1 is 1.16 bits per heavy atom. The molecule has 3 N–H and O–H groups in total. The number of carbonyl (C=O) groups is 2. The lowest BCUT2D eigenvalue weighted by molar-refractivity contribution is -0.384. The van der Waals surface area contributed by atoms with Crippen molar-refractivity contribution in [1.82, 2.24) is 15.2 Å². The SMILES string of the molecule is Cc1cc(C(=O)N2C[C@H](Nc3c(C(=O)NC4CCCCC4)cc(Br)cc3[N+](=O)[O-])C3(CC3)C2)cc(=O)[nH]1. The maximum absolute atomic E-state index is 13.3. The number of aromatic nitrogens is 1.